The number of fused-ring (bicyclic) bond motifs is 4. The average Bonchev–Trinajstić information content (AvgIpc) is 3.16. The third-order valence-corrected chi connectivity index (χ3v) is 6.46. The summed E-state index contributed by atoms with van der Waals surface area (Å²) >= 11 is 1.83. The van der Waals surface area contributed by atoms with E-state index in [1.54, 1.807) is 12.3 Å². The van der Waals surface area contributed by atoms with Crippen LogP contribution < -0.4 is 5.56 Å². The predicted molar refractivity (Wildman–Crippen MR) is 104 cm³/mol. The highest BCUT2D eigenvalue weighted by molar-refractivity contribution is 7.09. The van der Waals surface area contributed by atoms with E-state index in [-0.39, 0.29) is 5.56 Å². The molecule has 3 aromatic heterocycles. The summed E-state index contributed by atoms with van der Waals surface area (Å²) in [6.07, 6.45) is 4.88. The van der Waals surface area contributed by atoms with Crippen molar-refractivity contribution in [2.24, 2.45) is 5.92 Å². The van der Waals surface area contributed by atoms with Crippen LogP contribution in [0.2, 0.25) is 0 Å². The van der Waals surface area contributed by atoms with Crippen LogP contribution in [0.25, 0.3) is 11.1 Å². The van der Waals surface area contributed by atoms with Crippen LogP contribution in [0.3, 0.4) is 0 Å². The quantitative estimate of drug-likeness (QED) is 0.714. The first-order valence-corrected chi connectivity index (χ1v) is 10.0. The lowest BCUT2D eigenvalue weighted by Gasteiger charge is -2.43. The monoisotopic (exact) mass is 363 g/mol. The van der Waals surface area contributed by atoms with Crippen LogP contribution in [-0.4, -0.2) is 27.5 Å². The van der Waals surface area contributed by atoms with Crippen molar-refractivity contribution in [1.29, 1.82) is 0 Å². The molecular weight excluding hydrogens is 342 g/mol. The number of thiophene rings is 1. The van der Waals surface area contributed by atoms with Crippen molar-refractivity contribution < 1.29 is 0 Å². The van der Waals surface area contributed by atoms with E-state index in [1.807, 2.05) is 34.2 Å². The van der Waals surface area contributed by atoms with Crippen molar-refractivity contribution in [3.63, 3.8) is 0 Å². The molecule has 0 radical (unpaired) electrons. The minimum atomic E-state index is 0.133. The molecule has 4 nitrogen and oxygen atoms in total. The number of hydrogen-bond donors (Lipinski definition) is 0. The van der Waals surface area contributed by atoms with Gasteiger partial charge in [0.15, 0.2) is 0 Å². The minimum absolute atomic E-state index is 0.133. The van der Waals surface area contributed by atoms with E-state index >= 15 is 0 Å². The molecule has 2 bridgehead atoms. The summed E-state index contributed by atoms with van der Waals surface area (Å²) in [6, 6.07) is 12.1. The fourth-order valence-corrected chi connectivity index (χ4v) is 5.38. The van der Waals surface area contributed by atoms with Crippen LogP contribution >= 0.6 is 11.3 Å². The molecular formula is C21H21N3OS. The molecule has 5 heterocycles. The van der Waals surface area contributed by atoms with Gasteiger partial charge >= 0.3 is 0 Å². The molecule has 0 saturated carbocycles. The predicted octanol–water partition coefficient (Wildman–Crippen LogP) is 3.59. The number of aromatic nitrogens is 2. The first-order chi connectivity index (χ1) is 12.8. The summed E-state index contributed by atoms with van der Waals surface area (Å²) in [5.41, 5.74) is 3.61. The number of piperidine rings is 1. The number of hydrogen-bond acceptors (Lipinski definition) is 4. The van der Waals surface area contributed by atoms with Crippen LogP contribution in [-0.2, 0) is 13.1 Å². The lowest BCUT2D eigenvalue weighted by Crippen LogP contribution is -2.46. The maximum absolute atomic E-state index is 12.6. The normalized spacial score (nSPS) is 22.2. The summed E-state index contributed by atoms with van der Waals surface area (Å²) in [5.74, 6) is 0.967. The van der Waals surface area contributed by atoms with E-state index in [1.165, 1.54) is 22.6 Å². The van der Waals surface area contributed by atoms with Gasteiger partial charge in [-0.2, -0.15) is 0 Å². The molecule has 0 aliphatic carbocycles. The van der Waals surface area contributed by atoms with Gasteiger partial charge < -0.3 is 4.57 Å². The average molecular weight is 363 g/mol. The second-order valence-corrected chi connectivity index (χ2v) is 8.43. The van der Waals surface area contributed by atoms with Crippen LogP contribution in [0.5, 0.6) is 0 Å². The van der Waals surface area contributed by atoms with Gasteiger partial charge in [0.05, 0.1) is 0 Å². The fraction of sp³-hybridized carbons (Fsp3) is 0.333. The second-order valence-electron chi connectivity index (χ2n) is 7.39. The largest absolute Gasteiger partial charge is 0.311 e. The Hall–Kier alpha value is -2.24. The highest BCUT2D eigenvalue weighted by Crippen LogP contribution is 2.40. The summed E-state index contributed by atoms with van der Waals surface area (Å²) < 4.78 is 2.03. The third-order valence-electron chi connectivity index (χ3n) is 5.60. The van der Waals surface area contributed by atoms with Crippen molar-refractivity contribution in [3.8, 4) is 11.1 Å². The highest BCUT2D eigenvalue weighted by Gasteiger charge is 2.36. The van der Waals surface area contributed by atoms with Gasteiger partial charge in [-0.15, -0.1) is 11.3 Å². The summed E-state index contributed by atoms with van der Waals surface area (Å²) in [6.45, 7) is 3.95. The molecule has 26 heavy (non-hydrogen) atoms. The molecule has 2 aliphatic heterocycles. The standard InChI is InChI=1S/C21H21N3OS/c25-20-6-5-19(16-3-1-7-22-10-16)21-17-9-15(12-24(20)21)11-23(13-17)14-18-4-2-8-26-18/h1-8,10,15,17H,9,11-14H2/t15-,17-/m0/s1. The zero-order valence-electron chi connectivity index (χ0n) is 14.5. The summed E-state index contributed by atoms with van der Waals surface area (Å²) in [5, 5.41) is 2.15. The molecule has 1 saturated heterocycles. The molecule has 0 spiro atoms. The van der Waals surface area contributed by atoms with E-state index in [0.717, 1.165) is 31.7 Å². The summed E-state index contributed by atoms with van der Waals surface area (Å²) in [7, 11) is 0. The van der Waals surface area contributed by atoms with E-state index in [0.29, 0.717) is 11.8 Å². The Balaban J connectivity index is 1.54. The smallest absolute Gasteiger partial charge is 0.250 e. The van der Waals surface area contributed by atoms with Gasteiger partial charge in [-0.1, -0.05) is 12.1 Å². The van der Waals surface area contributed by atoms with Crippen molar-refractivity contribution >= 4 is 11.3 Å². The van der Waals surface area contributed by atoms with E-state index in [4.69, 9.17) is 0 Å². The Morgan fingerprint density at radius 3 is 2.88 bits per heavy atom. The number of likely N-dealkylation sites (tertiary alicyclic amines) is 1. The molecule has 1 fully saturated rings. The SMILES string of the molecule is O=c1ccc(-c2cccnc2)c2n1C[C@H]1C[C@H]2CN(Cc2cccs2)C1. The Morgan fingerprint density at radius 2 is 2.08 bits per heavy atom. The van der Waals surface area contributed by atoms with E-state index in [9.17, 15) is 4.79 Å². The molecule has 132 valence electrons. The van der Waals surface area contributed by atoms with Gasteiger partial charge in [-0.25, -0.2) is 0 Å². The Bertz CT molecular complexity index is 965. The number of pyridine rings is 2. The van der Waals surface area contributed by atoms with Crippen molar-refractivity contribution in [3.05, 3.63) is 75.1 Å². The zero-order valence-corrected chi connectivity index (χ0v) is 15.4. The number of nitrogens with zero attached hydrogens (tertiary/aromatic N) is 3. The Labute approximate surface area is 156 Å². The lowest BCUT2D eigenvalue weighted by molar-refractivity contribution is 0.115. The van der Waals surface area contributed by atoms with Crippen LogP contribution in [0.15, 0.2) is 59.0 Å². The molecule has 0 N–H and O–H groups in total. The molecule has 3 aromatic rings. The van der Waals surface area contributed by atoms with Gasteiger partial charge in [0, 0.05) is 72.3 Å². The molecule has 5 rings (SSSR count). The third kappa shape index (κ3) is 2.81. The van der Waals surface area contributed by atoms with E-state index in [2.05, 4.69) is 33.5 Å². The number of rotatable bonds is 3. The summed E-state index contributed by atoms with van der Waals surface area (Å²) in [4.78, 5) is 20.8. The van der Waals surface area contributed by atoms with Gasteiger partial charge in [0.25, 0.3) is 5.56 Å². The molecule has 2 aliphatic rings. The maximum atomic E-state index is 12.6. The first kappa shape index (κ1) is 16.0. The van der Waals surface area contributed by atoms with Crippen molar-refractivity contribution in [1.82, 2.24) is 14.5 Å². The van der Waals surface area contributed by atoms with Crippen molar-refractivity contribution in [2.75, 3.05) is 13.1 Å². The fourth-order valence-electron chi connectivity index (χ4n) is 4.63. The van der Waals surface area contributed by atoms with E-state index < -0.39 is 0 Å². The maximum Gasteiger partial charge on any atom is 0.250 e. The van der Waals surface area contributed by atoms with Crippen LogP contribution in [0.4, 0.5) is 0 Å². The molecule has 2 atom stereocenters. The van der Waals surface area contributed by atoms with Gasteiger partial charge in [-0.05, 0) is 35.9 Å². The molecule has 0 unspecified atom stereocenters. The highest BCUT2D eigenvalue weighted by atomic mass is 32.1. The van der Waals surface area contributed by atoms with Gasteiger partial charge in [-0.3, -0.25) is 14.7 Å². The second kappa shape index (κ2) is 6.49. The van der Waals surface area contributed by atoms with Crippen LogP contribution in [0, 0.1) is 5.92 Å². The Morgan fingerprint density at radius 1 is 1.12 bits per heavy atom. The molecule has 5 heteroatoms. The van der Waals surface area contributed by atoms with Gasteiger partial charge in [0.1, 0.15) is 0 Å². The van der Waals surface area contributed by atoms with Crippen molar-refractivity contribution in [2.45, 2.75) is 25.4 Å². The topological polar surface area (TPSA) is 38.1 Å². The first-order valence-electron chi connectivity index (χ1n) is 9.17. The lowest BCUT2D eigenvalue weighted by atomic mass is 9.80. The molecule has 0 aromatic carbocycles. The van der Waals surface area contributed by atoms with Crippen LogP contribution in [0.1, 0.15) is 22.9 Å². The van der Waals surface area contributed by atoms with Gasteiger partial charge in [0.2, 0.25) is 0 Å². The zero-order chi connectivity index (χ0) is 17.5. The molecule has 0 amide bonds. The Kier molecular flexibility index (Phi) is 3.98. The minimum Gasteiger partial charge on any atom is -0.311 e.